The van der Waals surface area contributed by atoms with Gasteiger partial charge < -0.3 is 19.1 Å². The summed E-state index contributed by atoms with van der Waals surface area (Å²) in [5.74, 6) is 1.50. The fraction of sp³-hybridized carbons (Fsp3) is 0.696. The smallest absolute Gasteiger partial charge is 0.257 e. The van der Waals surface area contributed by atoms with E-state index in [1.807, 2.05) is 29.2 Å². The second kappa shape index (κ2) is 8.42. The Kier molecular flexibility index (Phi) is 5.93. The van der Waals surface area contributed by atoms with E-state index in [0.29, 0.717) is 17.9 Å². The zero-order valence-corrected chi connectivity index (χ0v) is 17.2. The van der Waals surface area contributed by atoms with Gasteiger partial charge in [-0.3, -0.25) is 4.79 Å². The van der Waals surface area contributed by atoms with Crippen molar-refractivity contribution in [2.45, 2.75) is 69.6 Å². The van der Waals surface area contributed by atoms with Crippen molar-refractivity contribution >= 4 is 5.91 Å². The number of hydrogen-bond acceptors (Lipinski definition) is 4. The van der Waals surface area contributed by atoms with Crippen LogP contribution in [0, 0.1) is 5.92 Å². The molecule has 5 heteroatoms. The SMILES string of the molecule is CCCOc1ccccc1C(=O)N1CC[C@]2(OC)CC[C@@H](OCC3CC3)C[C@H]12. The van der Waals surface area contributed by atoms with Gasteiger partial charge in [0.1, 0.15) is 5.75 Å². The van der Waals surface area contributed by atoms with Crippen LogP contribution in [0.5, 0.6) is 5.75 Å². The van der Waals surface area contributed by atoms with Crippen molar-refractivity contribution in [1.29, 1.82) is 0 Å². The van der Waals surface area contributed by atoms with Crippen LogP contribution in [-0.2, 0) is 9.47 Å². The number of likely N-dealkylation sites (tertiary alicyclic amines) is 1. The molecular weight excluding hydrogens is 354 g/mol. The minimum absolute atomic E-state index is 0.0541. The van der Waals surface area contributed by atoms with Crippen molar-refractivity contribution in [3.63, 3.8) is 0 Å². The molecule has 154 valence electrons. The second-order valence-electron chi connectivity index (χ2n) is 8.55. The highest BCUT2D eigenvalue weighted by Gasteiger charge is 2.53. The van der Waals surface area contributed by atoms with Gasteiger partial charge in [0, 0.05) is 20.3 Å². The lowest BCUT2D eigenvalue weighted by Gasteiger charge is -2.43. The number of fused-ring (bicyclic) bond motifs is 1. The minimum atomic E-state index is -0.228. The highest BCUT2D eigenvalue weighted by Crippen LogP contribution is 2.44. The van der Waals surface area contributed by atoms with Crippen molar-refractivity contribution < 1.29 is 19.0 Å². The Bertz CT molecular complexity index is 689. The fourth-order valence-corrected chi connectivity index (χ4v) is 4.75. The molecule has 1 heterocycles. The number of carbonyl (C=O) groups excluding carboxylic acids is 1. The maximum Gasteiger partial charge on any atom is 0.257 e. The first-order chi connectivity index (χ1) is 13.7. The van der Waals surface area contributed by atoms with Crippen molar-refractivity contribution in [3.8, 4) is 5.75 Å². The van der Waals surface area contributed by atoms with Gasteiger partial charge in [0.25, 0.3) is 5.91 Å². The number of amides is 1. The van der Waals surface area contributed by atoms with Gasteiger partial charge in [-0.1, -0.05) is 19.1 Å². The van der Waals surface area contributed by atoms with E-state index in [0.717, 1.165) is 51.2 Å². The normalized spacial score (nSPS) is 29.6. The molecule has 4 rings (SSSR count). The minimum Gasteiger partial charge on any atom is -0.493 e. The zero-order valence-electron chi connectivity index (χ0n) is 17.2. The lowest BCUT2D eigenvalue weighted by atomic mass is 9.79. The zero-order chi connectivity index (χ0) is 19.6. The number of ether oxygens (including phenoxy) is 3. The number of rotatable bonds is 8. The summed E-state index contributed by atoms with van der Waals surface area (Å²) >= 11 is 0. The Hall–Kier alpha value is -1.59. The third kappa shape index (κ3) is 3.92. The largest absolute Gasteiger partial charge is 0.493 e. The molecule has 3 fully saturated rings. The Morgan fingerprint density at radius 3 is 2.79 bits per heavy atom. The van der Waals surface area contributed by atoms with Gasteiger partial charge in [0.05, 0.1) is 29.9 Å². The summed E-state index contributed by atoms with van der Waals surface area (Å²) in [5, 5.41) is 0. The molecule has 0 spiro atoms. The molecule has 1 aliphatic heterocycles. The maximum atomic E-state index is 13.5. The predicted molar refractivity (Wildman–Crippen MR) is 108 cm³/mol. The highest BCUT2D eigenvalue weighted by atomic mass is 16.5. The third-order valence-electron chi connectivity index (χ3n) is 6.65. The standard InChI is InChI=1S/C23H33NO4/c1-3-14-27-20-7-5-4-6-19(20)22(25)24-13-12-23(26-2)11-10-18(15-21(23)24)28-16-17-8-9-17/h4-7,17-18,21H,3,8-16H2,1-2H3/t18-,21+,23-/m1/s1. The van der Waals surface area contributed by atoms with E-state index in [2.05, 4.69) is 6.92 Å². The number of hydrogen-bond donors (Lipinski definition) is 0. The van der Waals surface area contributed by atoms with Crippen molar-refractivity contribution in [3.05, 3.63) is 29.8 Å². The Labute approximate surface area is 168 Å². The molecule has 1 amide bonds. The molecule has 1 aromatic carbocycles. The molecular formula is C23H33NO4. The summed E-state index contributed by atoms with van der Waals surface area (Å²) in [6.45, 7) is 4.29. The highest BCUT2D eigenvalue weighted by molar-refractivity contribution is 5.97. The second-order valence-corrected chi connectivity index (χ2v) is 8.55. The number of nitrogens with zero attached hydrogens (tertiary/aromatic N) is 1. The summed E-state index contributed by atoms with van der Waals surface area (Å²) < 4.78 is 18.1. The molecule has 0 unspecified atom stereocenters. The first-order valence-corrected chi connectivity index (χ1v) is 10.9. The van der Waals surface area contributed by atoms with E-state index in [1.54, 1.807) is 7.11 Å². The van der Waals surface area contributed by atoms with Crippen LogP contribution in [-0.4, -0.2) is 55.4 Å². The van der Waals surface area contributed by atoms with Crippen LogP contribution < -0.4 is 4.74 Å². The Morgan fingerprint density at radius 1 is 1.21 bits per heavy atom. The summed E-state index contributed by atoms with van der Waals surface area (Å²) in [7, 11) is 1.80. The number of methoxy groups -OCH3 is 1. The molecule has 0 aromatic heterocycles. The molecule has 0 N–H and O–H groups in total. The van der Waals surface area contributed by atoms with Gasteiger partial charge in [0.15, 0.2) is 0 Å². The summed E-state index contributed by atoms with van der Waals surface area (Å²) in [6, 6.07) is 7.68. The van der Waals surface area contributed by atoms with Crippen molar-refractivity contribution in [1.82, 2.24) is 4.90 Å². The molecule has 3 aliphatic rings. The third-order valence-corrected chi connectivity index (χ3v) is 6.65. The van der Waals surface area contributed by atoms with Gasteiger partial charge in [-0.15, -0.1) is 0 Å². The molecule has 2 aliphatic carbocycles. The summed E-state index contributed by atoms with van der Waals surface area (Å²) in [4.78, 5) is 15.5. The van der Waals surface area contributed by atoms with Gasteiger partial charge in [-0.2, -0.15) is 0 Å². The number of benzene rings is 1. The predicted octanol–water partition coefficient (Wildman–Crippen LogP) is 4.05. The molecule has 5 nitrogen and oxygen atoms in total. The number of para-hydroxylation sites is 1. The first kappa shape index (κ1) is 19.7. The molecule has 28 heavy (non-hydrogen) atoms. The lowest BCUT2D eigenvalue weighted by Crippen LogP contribution is -2.53. The molecule has 3 atom stereocenters. The maximum absolute atomic E-state index is 13.5. The van der Waals surface area contributed by atoms with Crippen LogP contribution in [0.4, 0.5) is 0 Å². The summed E-state index contributed by atoms with van der Waals surface area (Å²) in [5.41, 5.74) is 0.429. The van der Waals surface area contributed by atoms with Crippen LogP contribution in [0.3, 0.4) is 0 Å². The summed E-state index contributed by atoms with van der Waals surface area (Å²) in [6.07, 6.45) is 7.50. The number of carbonyl (C=O) groups is 1. The molecule has 1 aromatic rings. The molecule has 1 saturated heterocycles. The monoisotopic (exact) mass is 387 g/mol. The molecule has 0 bridgehead atoms. The van der Waals surface area contributed by atoms with Crippen LogP contribution >= 0.6 is 0 Å². The van der Waals surface area contributed by atoms with Gasteiger partial charge in [0.2, 0.25) is 0 Å². The fourth-order valence-electron chi connectivity index (χ4n) is 4.75. The van der Waals surface area contributed by atoms with Crippen molar-refractivity contribution in [2.75, 3.05) is 26.9 Å². The topological polar surface area (TPSA) is 48.0 Å². The van der Waals surface area contributed by atoms with Gasteiger partial charge in [-0.05, 0) is 63.0 Å². The Morgan fingerprint density at radius 2 is 2.04 bits per heavy atom. The van der Waals surface area contributed by atoms with Crippen molar-refractivity contribution in [2.24, 2.45) is 5.92 Å². The van der Waals surface area contributed by atoms with E-state index in [-0.39, 0.29) is 23.7 Å². The lowest BCUT2D eigenvalue weighted by molar-refractivity contribution is -0.0977. The van der Waals surface area contributed by atoms with Gasteiger partial charge >= 0.3 is 0 Å². The Balaban J connectivity index is 1.51. The molecule has 0 radical (unpaired) electrons. The van der Waals surface area contributed by atoms with E-state index < -0.39 is 0 Å². The van der Waals surface area contributed by atoms with E-state index in [9.17, 15) is 4.79 Å². The molecule has 2 saturated carbocycles. The average molecular weight is 388 g/mol. The van der Waals surface area contributed by atoms with E-state index >= 15 is 0 Å². The average Bonchev–Trinajstić information content (AvgIpc) is 3.49. The van der Waals surface area contributed by atoms with Crippen LogP contribution in [0.15, 0.2) is 24.3 Å². The van der Waals surface area contributed by atoms with Gasteiger partial charge in [-0.25, -0.2) is 0 Å². The van der Waals surface area contributed by atoms with Crippen LogP contribution in [0.1, 0.15) is 62.2 Å². The van der Waals surface area contributed by atoms with Crippen LogP contribution in [0.25, 0.3) is 0 Å². The quantitative estimate of drug-likeness (QED) is 0.675. The van der Waals surface area contributed by atoms with E-state index in [4.69, 9.17) is 14.2 Å². The first-order valence-electron chi connectivity index (χ1n) is 10.9. The van der Waals surface area contributed by atoms with E-state index in [1.165, 1.54) is 12.8 Å². The van der Waals surface area contributed by atoms with Crippen LogP contribution in [0.2, 0.25) is 0 Å².